The molecule has 0 saturated heterocycles. The molecule has 2 aromatic carbocycles. The summed E-state index contributed by atoms with van der Waals surface area (Å²) in [6.07, 6.45) is 1.90. The molecule has 132 valence electrons. The van der Waals surface area contributed by atoms with Crippen LogP contribution in [-0.4, -0.2) is 16.9 Å². The Hall–Kier alpha value is -3.40. The molecule has 0 bridgehead atoms. The smallest absolute Gasteiger partial charge is 0.293 e. The quantitative estimate of drug-likeness (QED) is 0.612. The van der Waals surface area contributed by atoms with Crippen molar-refractivity contribution in [2.24, 2.45) is 0 Å². The van der Waals surface area contributed by atoms with Crippen molar-refractivity contribution < 1.29 is 9.72 Å². The molecule has 0 aliphatic heterocycles. The van der Waals surface area contributed by atoms with Crippen LogP contribution in [0.5, 0.6) is 0 Å². The Balaban J connectivity index is 1.83. The van der Waals surface area contributed by atoms with Crippen molar-refractivity contribution in [3.05, 3.63) is 69.3 Å². The third-order valence-corrected chi connectivity index (χ3v) is 4.26. The van der Waals surface area contributed by atoms with Gasteiger partial charge in [0.25, 0.3) is 11.6 Å². The summed E-state index contributed by atoms with van der Waals surface area (Å²) in [7, 11) is 0. The van der Waals surface area contributed by atoms with Crippen molar-refractivity contribution in [3.63, 3.8) is 0 Å². The molecule has 1 atom stereocenters. The number of nitrogens with one attached hydrogen (secondary N) is 2. The maximum Gasteiger partial charge on any atom is 0.293 e. The maximum absolute atomic E-state index is 12.1. The zero-order valence-electron chi connectivity index (χ0n) is 14.2. The van der Waals surface area contributed by atoms with E-state index in [1.165, 1.54) is 6.07 Å². The fourth-order valence-corrected chi connectivity index (χ4v) is 2.64. The van der Waals surface area contributed by atoms with E-state index < -0.39 is 4.92 Å². The minimum absolute atomic E-state index is 0.156. The molecule has 26 heavy (non-hydrogen) atoms. The number of hydrogen-bond donors (Lipinski definition) is 2. The molecule has 7 nitrogen and oxygen atoms in total. The van der Waals surface area contributed by atoms with Gasteiger partial charge in [-0.1, -0.05) is 12.1 Å². The summed E-state index contributed by atoms with van der Waals surface area (Å²) in [4.78, 5) is 23.0. The molecule has 1 saturated carbocycles. The van der Waals surface area contributed by atoms with Crippen LogP contribution in [-0.2, 0) is 0 Å². The normalized spacial score (nSPS) is 14.2. The van der Waals surface area contributed by atoms with E-state index in [-0.39, 0.29) is 29.2 Å². The molecule has 1 aliphatic carbocycles. The molecule has 0 radical (unpaired) electrons. The predicted octanol–water partition coefficient (Wildman–Crippen LogP) is 3.53. The van der Waals surface area contributed by atoms with Crippen LogP contribution >= 0.6 is 0 Å². The highest BCUT2D eigenvalue weighted by Gasteiger charge is 2.25. The first kappa shape index (κ1) is 17.4. The molecule has 0 heterocycles. The van der Waals surface area contributed by atoms with Crippen LogP contribution < -0.4 is 10.6 Å². The number of carbonyl (C=O) groups excluding carboxylic acids is 1. The molecule has 0 spiro atoms. The van der Waals surface area contributed by atoms with Gasteiger partial charge in [-0.3, -0.25) is 14.9 Å². The van der Waals surface area contributed by atoms with Gasteiger partial charge < -0.3 is 10.6 Å². The summed E-state index contributed by atoms with van der Waals surface area (Å²) >= 11 is 0. The van der Waals surface area contributed by atoms with Crippen molar-refractivity contribution in [3.8, 4) is 6.07 Å². The van der Waals surface area contributed by atoms with E-state index in [4.69, 9.17) is 5.26 Å². The lowest BCUT2D eigenvalue weighted by molar-refractivity contribution is -0.384. The van der Waals surface area contributed by atoms with E-state index >= 15 is 0 Å². The summed E-state index contributed by atoms with van der Waals surface area (Å²) in [6.45, 7) is 1.86. The topological polar surface area (TPSA) is 108 Å². The highest BCUT2D eigenvalue weighted by atomic mass is 16.6. The van der Waals surface area contributed by atoms with E-state index in [1.54, 1.807) is 30.3 Å². The summed E-state index contributed by atoms with van der Waals surface area (Å²) in [5, 5.41) is 26.4. The second-order valence-electron chi connectivity index (χ2n) is 6.34. The lowest BCUT2D eigenvalue weighted by Crippen LogP contribution is -2.25. The van der Waals surface area contributed by atoms with E-state index in [0.717, 1.165) is 18.4 Å². The Morgan fingerprint density at radius 2 is 2.08 bits per heavy atom. The van der Waals surface area contributed by atoms with Crippen LogP contribution in [0.4, 0.5) is 11.4 Å². The second-order valence-corrected chi connectivity index (χ2v) is 6.34. The third kappa shape index (κ3) is 3.98. The Morgan fingerprint density at radius 3 is 2.73 bits per heavy atom. The van der Waals surface area contributed by atoms with Crippen molar-refractivity contribution in [1.29, 1.82) is 5.26 Å². The van der Waals surface area contributed by atoms with E-state index in [0.29, 0.717) is 11.3 Å². The van der Waals surface area contributed by atoms with Crippen LogP contribution in [0.2, 0.25) is 0 Å². The van der Waals surface area contributed by atoms with Gasteiger partial charge in [0.05, 0.1) is 16.6 Å². The van der Waals surface area contributed by atoms with Crippen LogP contribution in [0.3, 0.4) is 0 Å². The molecule has 1 amide bonds. The number of benzene rings is 2. The van der Waals surface area contributed by atoms with E-state index in [9.17, 15) is 14.9 Å². The van der Waals surface area contributed by atoms with Crippen LogP contribution in [0, 0.1) is 21.4 Å². The van der Waals surface area contributed by atoms with Gasteiger partial charge in [-0.25, -0.2) is 0 Å². The lowest BCUT2D eigenvalue weighted by Gasteiger charge is -2.16. The van der Waals surface area contributed by atoms with Gasteiger partial charge in [0.1, 0.15) is 5.69 Å². The van der Waals surface area contributed by atoms with Gasteiger partial charge in [0, 0.05) is 23.7 Å². The minimum atomic E-state index is -0.505. The number of nitrogens with zero attached hydrogens (tertiary/aromatic N) is 2. The second kappa shape index (κ2) is 7.23. The fraction of sp³-hybridized carbons (Fsp3) is 0.263. The molecule has 2 aromatic rings. The maximum atomic E-state index is 12.1. The van der Waals surface area contributed by atoms with Crippen molar-refractivity contribution >= 4 is 17.3 Å². The monoisotopic (exact) mass is 350 g/mol. The van der Waals surface area contributed by atoms with Gasteiger partial charge in [-0.05, 0) is 49.6 Å². The van der Waals surface area contributed by atoms with Gasteiger partial charge in [-0.2, -0.15) is 5.26 Å². The Labute approximate surface area is 150 Å². The van der Waals surface area contributed by atoms with Crippen molar-refractivity contribution in [1.82, 2.24) is 5.32 Å². The SMILES string of the molecule is CC(Nc1ccc(C(=O)NC2CC2)cc1[N+](=O)[O-])c1cccc(C#N)c1. The number of anilines is 1. The molecular formula is C19H18N4O3. The summed E-state index contributed by atoms with van der Waals surface area (Å²) in [5.74, 6) is -0.295. The number of carbonyl (C=O) groups is 1. The molecule has 7 heteroatoms. The van der Waals surface area contributed by atoms with Crippen LogP contribution in [0.15, 0.2) is 42.5 Å². The third-order valence-electron chi connectivity index (χ3n) is 4.26. The predicted molar refractivity (Wildman–Crippen MR) is 96.8 cm³/mol. The highest BCUT2D eigenvalue weighted by Crippen LogP contribution is 2.30. The zero-order valence-corrected chi connectivity index (χ0v) is 14.2. The van der Waals surface area contributed by atoms with Gasteiger partial charge in [0.2, 0.25) is 0 Å². The highest BCUT2D eigenvalue weighted by molar-refractivity contribution is 5.96. The average molecular weight is 350 g/mol. The number of nitro benzene ring substituents is 1. The molecule has 2 N–H and O–H groups in total. The average Bonchev–Trinajstić information content (AvgIpc) is 3.45. The molecule has 3 rings (SSSR count). The number of hydrogen-bond acceptors (Lipinski definition) is 5. The van der Waals surface area contributed by atoms with E-state index in [1.807, 2.05) is 13.0 Å². The number of nitriles is 1. The standard InChI is InChI=1S/C19H18N4O3/c1-12(14-4-2-3-13(9-14)11-20)21-17-8-5-15(10-18(17)23(25)26)19(24)22-16-6-7-16/h2-5,8-10,12,16,21H,6-7H2,1H3,(H,22,24). The van der Waals surface area contributed by atoms with Gasteiger partial charge in [0.15, 0.2) is 0 Å². The molecule has 1 unspecified atom stereocenters. The lowest BCUT2D eigenvalue weighted by atomic mass is 10.0. The molecule has 1 fully saturated rings. The molecule has 1 aliphatic rings. The Morgan fingerprint density at radius 1 is 1.31 bits per heavy atom. The summed E-state index contributed by atoms with van der Waals surface area (Å²) < 4.78 is 0. The number of nitro groups is 1. The molecular weight excluding hydrogens is 332 g/mol. The van der Waals surface area contributed by atoms with Crippen molar-refractivity contribution in [2.75, 3.05) is 5.32 Å². The van der Waals surface area contributed by atoms with Crippen LogP contribution in [0.25, 0.3) is 0 Å². The van der Waals surface area contributed by atoms with E-state index in [2.05, 4.69) is 16.7 Å². The molecule has 0 aromatic heterocycles. The van der Waals surface area contributed by atoms with Gasteiger partial charge in [-0.15, -0.1) is 0 Å². The van der Waals surface area contributed by atoms with Crippen molar-refractivity contribution in [2.45, 2.75) is 31.8 Å². The van der Waals surface area contributed by atoms with Crippen LogP contribution in [0.1, 0.15) is 47.3 Å². The fourth-order valence-electron chi connectivity index (χ4n) is 2.64. The summed E-state index contributed by atoms with van der Waals surface area (Å²) in [6, 6.07) is 13.5. The number of rotatable bonds is 6. The Kier molecular flexibility index (Phi) is 4.85. The first-order valence-corrected chi connectivity index (χ1v) is 8.34. The Bertz CT molecular complexity index is 900. The summed E-state index contributed by atoms with van der Waals surface area (Å²) in [5.41, 5.74) is 1.81. The first-order valence-electron chi connectivity index (χ1n) is 8.34. The first-order chi connectivity index (χ1) is 12.5. The van der Waals surface area contributed by atoms with Gasteiger partial charge >= 0.3 is 0 Å². The zero-order chi connectivity index (χ0) is 18.7. The minimum Gasteiger partial charge on any atom is -0.373 e. The number of amides is 1. The largest absolute Gasteiger partial charge is 0.373 e.